The average Bonchev–Trinajstić information content (AvgIpc) is 2.46. The zero-order valence-corrected chi connectivity index (χ0v) is 10.9. The molecule has 1 aliphatic heterocycles. The molecule has 0 atom stereocenters. The number of nitrogens with one attached hydrogen (secondary N) is 1. The second-order valence-electron chi connectivity index (χ2n) is 4.63. The summed E-state index contributed by atoms with van der Waals surface area (Å²) in [6.45, 7) is 0.282. The first-order chi connectivity index (χ1) is 10.1. The van der Waals surface area contributed by atoms with Gasteiger partial charge in [-0.2, -0.15) is 0 Å². The summed E-state index contributed by atoms with van der Waals surface area (Å²) in [6, 6.07) is 6.18. The van der Waals surface area contributed by atoms with E-state index in [2.05, 4.69) is 10.3 Å². The van der Waals surface area contributed by atoms with Crippen molar-refractivity contribution in [2.24, 2.45) is 0 Å². The second kappa shape index (κ2) is 4.86. The molecule has 0 spiro atoms. The summed E-state index contributed by atoms with van der Waals surface area (Å²) < 4.78 is 0. The summed E-state index contributed by atoms with van der Waals surface area (Å²) >= 11 is 0. The van der Waals surface area contributed by atoms with Crippen LogP contribution in [0.3, 0.4) is 0 Å². The number of fused-ring (bicyclic) bond motifs is 1. The Balaban J connectivity index is 2.09. The third-order valence-electron chi connectivity index (χ3n) is 3.31. The highest BCUT2D eigenvalue weighted by Crippen LogP contribution is 2.27. The van der Waals surface area contributed by atoms with E-state index in [9.17, 15) is 14.4 Å². The molecular weight excluding hydrogens is 274 g/mol. The van der Waals surface area contributed by atoms with E-state index in [1.54, 1.807) is 18.2 Å². The van der Waals surface area contributed by atoms with Crippen molar-refractivity contribution in [3.8, 4) is 0 Å². The van der Waals surface area contributed by atoms with E-state index >= 15 is 0 Å². The lowest BCUT2D eigenvalue weighted by Gasteiger charge is -2.27. The van der Waals surface area contributed by atoms with Crippen LogP contribution >= 0.6 is 0 Å². The van der Waals surface area contributed by atoms with Gasteiger partial charge in [0.05, 0.1) is 5.69 Å². The number of nitrogens with zero attached hydrogens (tertiary/aromatic N) is 2. The van der Waals surface area contributed by atoms with E-state index < -0.39 is 12.0 Å². The van der Waals surface area contributed by atoms with Gasteiger partial charge in [-0.15, -0.1) is 0 Å². The summed E-state index contributed by atoms with van der Waals surface area (Å²) in [5, 5.41) is 12.5. The number of carboxylic acid groups (broad SMARTS) is 1. The van der Waals surface area contributed by atoms with Gasteiger partial charge in [-0.25, -0.2) is 14.6 Å². The number of aromatic carboxylic acids is 1. The van der Waals surface area contributed by atoms with Crippen LogP contribution in [-0.4, -0.2) is 34.5 Å². The van der Waals surface area contributed by atoms with Gasteiger partial charge in [0.15, 0.2) is 0 Å². The van der Waals surface area contributed by atoms with Crippen LogP contribution in [0.15, 0.2) is 30.5 Å². The molecule has 1 aromatic carbocycles. The predicted molar refractivity (Wildman–Crippen MR) is 74.2 cm³/mol. The molecule has 3 rings (SSSR count). The topological polar surface area (TPSA) is 99.6 Å². The van der Waals surface area contributed by atoms with Gasteiger partial charge >= 0.3 is 12.0 Å². The molecule has 21 heavy (non-hydrogen) atoms. The Morgan fingerprint density at radius 2 is 2.14 bits per heavy atom. The smallest absolute Gasteiger partial charge is 0.354 e. The molecule has 2 heterocycles. The SMILES string of the molecule is O=C1CCN(c2cccc3cc(C(=O)O)ncc23)C(=O)N1. The Morgan fingerprint density at radius 3 is 2.86 bits per heavy atom. The average molecular weight is 285 g/mol. The van der Waals surface area contributed by atoms with Crippen molar-refractivity contribution >= 4 is 34.4 Å². The zero-order valence-electron chi connectivity index (χ0n) is 10.9. The maximum Gasteiger partial charge on any atom is 0.354 e. The van der Waals surface area contributed by atoms with Crippen LogP contribution in [0.4, 0.5) is 10.5 Å². The second-order valence-corrected chi connectivity index (χ2v) is 4.63. The van der Waals surface area contributed by atoms with Crippen LogP contribution < -0.4 is 10.2 Å². The van der Waals surface area contributed by atoms with Crippen molar-refractivity contribution in [1.82, 2.24) is 10.3 Å². The fourth-order valence-electron chi connectivity index (χ4n) is 2.30. The number of anilines is 1. The van der Waals surface area contributed by atoms with Crippen molar-refractivity contribution in [3.63, 3.8) is 0 Å². The number of hydrogen-bond donors (Lipinski definition) is 2. The number of pyridine rings is 1. The van der Waals surface area contributed by atoms with Gasteiger partial charge in [0.2, 0.25) is 5.91 Å². The molecule has 7 nitrogen and oxygen atoms in total. The van der Waals surface area contributed by atoms with Crippen LogP contribution in [-0.2, 0) is 4.79 Å². The van der Waals surface area contributed by atoms with Crippen molar-refractivity contribution in [1.29, 1.82) is 0 Å². The van der Waals surface area contributed by atoms with Crippen LogP contribution in [0.5, 0.6) is 0 Å². The van der Waals surface area contributed by atoms with Crippen LogP contribution in [0.1, 0.15) is 16.9 Å². The Bertz CT molecular complexity index is 772. The molecule has 0 unspecified atom stereocenters. The highest BCUT2D eigenvalue weighted by atomic mass is 16.4. The third kappa shape index (κ3) is 2.29. The molecule has 0 saturated carbocycles. The first-order valence-corrected chi connectivity index (χ1v) is 6.29. The van der Waals surface area contributed by atoms with Crippen LogP contribution in [0, 0.1) is 0 Å². The summed E-state index contributed by atoms with van der Waals surface area (Å²) in [6.07, 6.45) is 1.65. The molecule has 7 heteroatoms. The Labute approximate surface area is 119 Å². The van der Waals surface area contributed by atoms with E-state index in [0.29, 0.717) is 16.5 Å². The fourth-order valence-corrected chi connectivity index (χ4v) is 2.30. The Kier molecular flexibility index (Phi) is 3.02. The lowest BCUT2D eigenvalue weighted by Crippen LogP contribution is -2.49. The summed E-state index contributed by atoms with van der Waals surface area (Å²) in [5.74, 6) is -1.41. The van der Waals surface area contributed by atoms with E-state index in [4.69, 9.17) is 5.11 Å². The molecule has 0 bridgehead atoms. The Morgan fingerprint density at radius 1 is 1.33 bits per heavy atom. The lowest BCUT2D eigenvalue weighted by atomic mass is 10.1. The summed E-state index contributed by atoms with van der Waals surface area (Å²) in [5.41, 5.74) is 0.542. The fraction of sp³-hybridized carbons (Fsp3) is 0.143. The first-order valence-electron chi connectivity index (χ1n) is 6.29. The van der Waals surface area contributed by atoms with Gasteiger partial charge < -0.3 is 5.11 Å². The van der Waals surface area contributed by atoms with Gasteiger partial charge in [0.25, 0.3) is 0 Å². The first kappa shape index (κ1) is 13.0. The molecule has 2 aromatic rings. The molecule has 1 fully saturated rings. The monoisotopic (exact) mass is 285 g/mol. The minimum absolute atomic E-state index is 0.0575. The van der Waals surface area contributed by atoms with Crippen molar-refractivity contribution in [3.05, 3.63) is 36.2 Å². The molecule has 1 aromatic heterocycles. The highest BCUT2D eigenvalue weighted by molar-refractivity contribution is 6.10. The van der Waals surface area contributed by atoms with Crippen molar-refractivity contribution in [2.75, 3.05) is 11.4 Å². The lowest BCUT2D eigenvalue weighted by molar-refractivity contribution is -0.120. The number of benzene rings is 1. The number of urea groups is 1. The summed E-state index contributed by atoms with van der Waals surface area (Å²) in [4.78, 5) is 39.4. The van der Waals surface area contributed by atoms with Gasteiger partial charge in [0, 0.05) is 24.5 Å². The van der Waals surface area contributed by atoms with Crippen molar-refractivity contribution in [2.45, 2.75) is 6.42 Å². The number of carboxylic acids is 1. The minimum atomic E-state index is -1.11. The minimum Gasteiger partial charge on any atom is -0.477 e. The number of carbonyl (C=O) groups is 3. The molecular formula is C14H11N3O4. The molecule has 0 aliphatic carbocycles. The number of rotatable bonds is 2. The van der Waals surface area contributed by atoms with Gasteiger partial charge in [0.1, 0.15) is 5.69 Å². The standard InChI is InChI=1S/C14H11N3O4/c18-12-4-5-17(14(21)16-12)11-3-1-2-8-6-10(13(19)20)15-7-9(8)11/h1-3,6-7H,4-5H2,(H,19,20)(H,16,18,21). The van der Waals surface area contributed by atoms with E-state index in [1.807, 2.05) is 0 Å². The van der Waals surface area contributed by atoms with Crippen LogP contribution in [0.2, 0.25) is 0 Å². The normalized spacial score (nSPS) is 15.1. The van der Waals surface area contributed by atoms with E-state index in [-0.39, 0.29) is 24.6 Å². The third-order valence-corrected chi connectivity index (χ3v) is 3.31. The number of imide groups is 1. The number of hydrogen-bond acceptors (Lipinski definition) is 4. The Hall–Kier alpha value is -2.96. The van der Waals surface area contributed by atoms with Gasteiger partial charge in [-0.1, -0.05) is 12.1 Å². The molecule has 0 radical (unpaired) electrons. The number of carbonyl (C=O) groups excluding carboxylic acids is 2. The zero-order chi connectivity index (χ0) is 15.0. The maximum absolute atomic E-state index is 11.9. The molecule has 106 valence electrons. The van der Waals surface area contributed by atoms with Gasteiger partial charge in [-0.05, 0) is 17.5 Å². The molecule has 3 amide bonds. The van der Waals surface area contributed by atoms with Crippen LogP contribution in [0.25, 0.3) is 10.8 Å². The quantitative estimate of drug-likeness (QED) is 0.868. The number of amides is 3. The largest absolute Gasteiger partial charge is 0.477 e. The molecule has 1 saturated heterocycles. The van der Waals surface area contributed by atoms with E-state index in [0.717, 1.165) is 0 Å². The summed E-state index contributed by atoms with van der Waals surface area (Å²) in [7, 11) is 0. The molecule has 1 aliphatic rings. The number of aromatic nitrogens is 1. The van der Waals surface area contributed by atoms with E-state index in [1.165, 1.54) is 17.2 Å². The maximum atomic E-state index is 11.9. The predicted octanol–water partition coefficient (Wildman–Crippen LogP) is 1.38. The highest BCUT2D eigenvalue weighted by Gasteiger charge is 2.25. The van der Waals surface area contributed by atoms with Gasteiger partial charge in [-0.3, -0.25) is 15.0 Å². The van der Waals surface area contributed by atoms with Crippen molar-refractivity contribution < 1.29 is 19.5 Å². The molecule has 2 N–H and O–H groups in total.